The van der Waals surface area contributed by atoms with Crippen molar-refractivity contribution in [2.75, 3.05) is 5.32 Å². The van der Waals surface area contributed by atoms with Crippen molar-refractivity contribution in [1.82, 2.24) is 5.32 Å². The van der Waals surface area contributed by atoms with Gasteiger partial charge in [-0.1, -0.05) is 78.9 Å². The number of carbonyl (C=O) groups excluding carboxylic acids is 1. The van der Waals surface area contributed by atoms with Gasteiger partial charge in [0.05, 0.1) is 6.04 Å². The van der Waals surface area contributed by atoms with Crippen LogP contribution in [0.25, 0.3) is 11.0 Å². The smallest absolute Gasteiger partial charge is 0.255 e. The Labute approximate surface area is 192 Å². The van der Waals surface area contributed by atoms with Gasteiger partial charge in [0, 0.05) is 23.2 Å². The maximum absolute atomic E-state index is 12.5. The number of para-hydroxylation sites is 2. The predicted octanol–water partition coefficient (Wildman–Crippen LogP) is 6.56. The predicted molar refractivity (Wildman–Crippen MR) is 132 cm³/mol. The Morgan fingerprint density at radius 2 is 1.42 bits per heavy atom. The number of fused-ring (bicyclic) bond motifs is 1. The molecular weight excluding hydrogens is 408 g/mol. The van der Waals surface area contributed by atoms with Gasteiger partial charge in [0.15, 0.2) is 0 Å². The van der Waals surface area contributed by atoms with Gasteiger partial charge in [-0.05, 0) is 47.5 Å². The third-order valence-corrected chi connectivity index (χ3v) is 5.62. The number of furan rings is 1. The Kier molecular flexibility index (Phi) is 6.00. The number of benzene rings is 4. The second kappa shape index (κ2) is 9.55. The Hall–Kier alpha value is -4.15. The Bertz CT molecular complexity index is 1310. The number of anilines is 1. The second-order valence-corrected chi connectivity index (χ2v) is 7.93. The lowest BCUT2D eigenvalue weighted by Crippen LogP contribution is -2.21. The first kappa shape index (κ1) is 20.7. The summed E-state index contributed by atoms with van der Waals surface area (Å²) in [6.07, 6.45) is 0. The van der Waals surface area contributed by atoms with Gasteiger partial charge in [0.1, 0.15) is 11.3 Å². The summed E-state index contributed by atoms with van der Waals surface area (Å²) in [4.78, 5) is 12.5. The van der Waals surface area contributed by atoms with Crippen LogP contribution in [0.15, 0.2) is 120 Å². The maximum atomic E-state index is 12.5. The SMILES string of the molecule is O=C(Nc1ccccc1)c1ccc(CN[C@H](c2ccccc2)c2cc3ccccc3o2)cc1. The van der Waals surface area contributed by atoms with Crippen molar-refractivity contribution in [1.29, 1.82) is 0 Å². The van der Waals surface area contributed by atoms with Crippen molar-refractivity contribution in [3.63, 3.8) is 0 Å². The molecule has 4 nitrogen and oxygen atoms in total. The number of nitrogens with one attached hydrogen (secondary N) is 2. The molecule has 0 bridgehead atoms. The molecule has 0 fully saturated rings. The highest BCUT2D eigenvalue weighted by molar-refractivity contribution is 6.04. The van der Waals surface area contributed by atoms with Gasteiger partial charge >= 0.3 is 0 Å². The first-order valence-electron chi connectivity index (χ1n) is 11.0. The molecule has 0 saturated carbocycles. The van der Waals surface area contributed by atoms with Crippen LogP contribution in [-0.2, 0) is 6.54 Å². The van der Waals surface area contributed by atoms with Crippen molar-refractivity contribution < 1.29 is 9.21 Å². The van der Waals surface area contributed by atoms with Gasteiger partial charge in [0.25, 0.3) is 5.91 Å². The van der Waals surface area contributed by atoms with Crippen LogP contribution in [-0.4, -0.2) is 5.91 Å². The normalized spacial score (nSPS) is 11.9. The van der Waals surface area contributed by atoms with Crippen LogP contribution < -0.4 is 10.6 Å². The maximum Gasteiger partial charge on any atom is 0.255 e. The standard InChI is InChI=1S/C29H24N2O2/c32-29(31-25-12-5-2-6-13-25)23-17-15-21(16-18-23)20-30-28(22-9-3-1-4-10-22)27-19-24-11-7-8-14-26(24)33-27/h1-19,28,30H,20H2,(H,31,32)/t28-/m1/s1. The molecule has 1 heterocycles. The van der Waals surface area contributed by atoms with E-state index in [1.165, 1.54) is 0 Å². The summed E-state index contributed by atoms with van der Waals surface area (Å²) in [6.45, 7) is 0.636. The lowest BCUT2D eigenvalue weighted by molar-refractivity contribution is 0.102. The van der Waals surface area contributed by atoms with Crippen LogP contribution in [0.1, 0.15) is 33.3 Å². The van der Waals surface area contributed by atoms with Crippen molar-refractivity contribution in [3.8, 4) is 0 Å². The van der Waals surface area contributed by atoms with Gasteiger partial charge in [-0.3, -0.25) is 10.1 Å². The molecule has 0 spiro atoms. The zero-order valence-electron chi connectivity index (χ0n) is 18.1. The zero-order chi connectivity index (χ0) is 22.5. The minimum Gasteiger partial charge on any atom is -0.459 e. The van der Waals surface area contributed by atoms with E-state index in [4.69, 9.17) is 4.42 Å². The van der Waals surface area contributed by atoms with Crippen LogP contribution >= 0.6 is 0 Å². The molecule has 0 aliphatic carbocycles. The van der Waals surface area contributed by atoms with Gasteiger partial charge < -0.3 is 9.73 Å². The quantitative estimate of drug-likeness (QED) is 0.306. The van der Waals surface area contributed by atoms with Gasteiger partial charge in [-0.15, -0.1) is 0 Å². The molecule has 5 rings (SSSR count). The van der Waals surface area contributed by atoms with E-state index < -0.39 is 0 Å². The largest absolute Gasteiger partial charge is 0.459 e. The average molecular weight is 433 g/mol. The van der Waals surface area contributed by atoms with E-state index in [0.29, 0.717) is 12.1 Å². The Morgan fingerprint density at radius 3 is 2.15 bits per heavy atom. The second-order valence-electron chi connectivity index (χ2n) is 7.93. The van der Waals surface area contributed by atoms with Crippen LogP contribution in [0.4, 0.5) is 5.69 Å². The number of hydrogen-bond donors (Lipinski definition) is 2. The number of hydrogen-bond acceptors (Lipinski definition) is 3. The molecule has 4 aromatic carbocycles. The van der Waals surface area contributed by atoms with Gasteiger partial charge in [-0.2, -0.15) is 0 Å². The van der Waals surface area contributed by atoms with Crippen molar-refractivity contribution in [2.45, 2.75) is 12.6 Å². The minimum atomic E-state index is -0.120. The van der Waals surface area contributed by atoms with Crippen LogP contribution in [0.2, 0.25) is 0 Å². The van der Waals surface area contributed by atoms with Crippen LogP contribution in [0.3, 0.4) is 0 Å². The van der Waals surface area contributed by atoms with Crippen molar-refractivity contribution >= 4 is 22.6 Å². The molecule has 0 unspecified atom stereocenters. The number of rotatable bonds is 7. The Morgan fingerprint density at radius 1 is 0.758 bits per heavy atom. The van der Waals surface area contributed by atoms with Gasteiger partial charge in [0.2, 0.25) is 0 Å². The molecule has 5 aromatic rings. The number of carbonyl (C=O) groups is 1. The van der Waals surface area contributed by atoms with Crippen molar-refractivity contribution in [3.05, 3.63) is 138 Å². The molecule has 0 aliphatic heterocycles. The molecule has 1 aromatic heterocycles. The van der Waals surface area contributed by atoms with E-state index in [-0.39, 0.29) is 11.9 Å². The van der Waals surface area contributed by atoms with E-state index in [0.717, 1.165) is 33.5 Å². The van der Waals surface area contributed by atoms with E-state index in [9.17, 15) is 4.79 Å². The average Bonchev–Trinajstić information content (AvgIpc) is 3.30. The topological polar surface area (TPSA) is 54.3 Å². The fourth-order valence-electron chi connectivity index (χ4n) is 3.89. The summed E-state index contributed by atoms with van der Waals surface area (Å²) in [5.74, 6) is 0.756. The first-order valence-corrected chi connectivity index (χ1v) is 11.0. The lowest BCUT2D eigenvalue weighted by atomic mass is 10.0. The third-order valence-electron chi connectivity index (χ3n) is 5.62. The monoisotopic (exact) mass is 432 g/mol. The lowest BCUT2D eigenvalue weighted by Gasteiger charge is -2.17. The highest BCUT2D eigenvalue weighted by Crippen LogP contribution is 2.28. The first-order chi connectivity index (χ1) is 16.3. The number of amides is 1. The van der Waals surface area contributed by atoms with E-state index in [1.54, 1.807) is 0 Å². The van der Waals surface area contributed by atoms with E-state index in [2.05, 4.69) is 34.9 Å². The van der Waals surface area contributed by atoms with Gasteiger partial charge in [-0.25, -0.2) is 0 Å². The van der Waals surface area contributed by atoms with Crippen LogP contribution in [0.5, 0.6) is 0 Å². The molecule has 162 valence electrons. The van der Waals surface area contributed by atoms with Crippen molar-refractivity contribution in [2.24, 2.45) is 0 Å². The van der Waals surface area contributed by atoms with E-state index >= 15 is 0 Å². The minimum absolute atomic E-state index is 0.0837. The Balaban J connectivity index is 1.31. The summed E-state index contributed by atoms with van der Waals surface area (Å²) in [5.41, 5.74) is 4.51. The highest BCUT2D eigenvalue weighted by atomic mass is 16.3. The fraction of sp³-hybridized carbons (Fsp3) is 0.0690. The molecule has 0 radical (unpaired) electrons. The molecule has 1 amide bonds. The third kappa shape index (κ3) is 4.86. The molecule has 2 N–H and O–H groups in total. The summed E-state index contributed by atoms with van der Waals surface area (Å²) in [6, 6.07) is 37.5. The molecule has 0 aliphatic rings. The molecule has 0 saturated heterocycles. The summed E-state index contributed by atoms with van der Waals surface area (Å²) >= 11 is 0. The summed E-state index contributed by atoms with van der Waals surface area (Å²) in [7, 11) is 0. The zero-order valence-corrected chi connectivity index (χ0v) is 18.1. The molecule has 1 atom stereocenters. The fourth-order valence-corrected chi connectivity index (χ4v) is 3.89. The van der Waals surface area contributed by atoms with Crippen LogP contribution in [0, 0.1) is 0 Å². The van der Waals surface area contributed by atoms with E-state index in [1.807, 2.05) is 91.0 Å². The molecule has 4 heteroatoms. The molecular formula is C29H24N2O2. The summed E-state index contributed by atoms with van der Waals surface area (Å²) < 4.78 is 6.16. The highest BCUT2D eigenvalue weighted by Gasteiger charge is 2.18. The molecule has 33 heavy (non-hydrogen) atoms. The summed E-state index contributed by atoms with van der Waals surface area (Å²) in [5, 5.41) is 7.63.